The number of aliphatic carboxylic acids is 1. The molecule has 2 aliphatic heterocycles. The van der Waals surface area contributed by atoms with Gasteiger partial charge >= 0.3 is 5.97 Å². The molecule has 2 N–H and O–H groups in total. The number of carbonyl (C=O) groups is 1. The number of carboxylic acids is 1. The number of hydrogen-bond donors (Lipinski definition) is 2. The Hall–Kier alpha value is -3.23. The summed E-state index contributed by atoms with van der Waals surface area (Å²) in [5.74, 6) is -0.171. The number of nitrogens with one attached hydrogen (secondary N) is 1. The van der Waals surface area contributed by atoms with Crippen molar-refractivity contribution in [3.05, 3.63) is 69.6 Å². The second kappa shape index (κ2) is 8.42. The van der Waals surface area contributed by atoms with Crippen LogP contribution in [0.1, 0.15) is 47.9 Å². The van der Waals surface area contributed by atoms with Crippen molar-refractivity contribution < 1.29 is 14.3 Å². The third kappa shape index (κ3) is 3.71. The number of rotatable bonds is 4. The van der Waals surface area contributed by atoms with Gasteiger partial charge in [0.15, 0.2) is 5.82 Å². The van der Waals surface area contributed by atoms with Crippen molar-refractivity contribution in [2.75, 3.05) is 30.4 Å². The van der Waals surface area contributed by atoms with E-state index in [1.807, 2.05) is 0 Å². The van der Waals surface area contributed by atoms with E-state index in [0.717, 1.165) is 25.2 Å². The summed E-state index contributed by atoms with van der Waals surface area (Å²) >= 11 is 6.50. The maximum Gasteiger partial charge on any atom is 0.315 e. The largest absolute Gasteiger partial charge is 0.481 e. The van der Waals surface area contributed by atoms with Gasteiger partial charge in [0.25, 0.3) is 0 Å². The minimum Gasteiger partial charge on any atom is -0.481 e. The van der Waals surface area contributed by atoms with E-state index < -0.39 is 17.2 Å². The summed E-state index contributed by atoms with van der Waals surface area (Å²) in [6.45, 7) is 3.71. The summed E-state index contributed by atoms with van der Waals surface area (Å²) in [5, 5.41) is 13.6. The van der Waals surface area contributed by atoms with Crippen LogP contribution in [0, 0.1) is 5.82 Å². The Morgan fingerprint density at radius 1 is 1.28 bits per heavy atom. The number of aryl methyl sites for hydroxylation is 1. The predicted octanol–water partition coefficient (Wildman–Crippen LogP) is 5.37. The van der Waals surface area contributed by atoms with Crippen molar-refractivity contribution in [2.45, 2.75) is 44.1 Å². The molecule has 1 aliphatic carbocycles. The summed E-state index contributed by atoms with van der Waals surface area (Å²) in [7, 11) is 2.16. The third-order valence-electron chi connectivity index (χ3n) is 7.76. The van der Waals surface area contributed by atoms with Crippen LogP contribution >= 0.6 is 11.6 Å². The number of halogens is 2. The van der Waals surface area contributed by atoms with E-state index in [1.165, 1.54) is 53.9 Å². The topological polar surface area (TPSA) is 81.6 Å². The van der Waals surface area contributed by atoms with Gasteiger partial charge in [-0.2, -0.15) is 4.98 Å². The fourth-order valence-corrected chi connectivity index (χ4v) is 6.29. The zero-order chi connectivity index (χ0) is 25.2. The van der Waals surface area contributed by atoms with Crippen molar-refractivity contribution in [1.29, 1.82) is 0 Å². The molecule has 0 amide bonds. The maximum absolute atomic E-state index is 14.2. The minimum absolute atomic E-state index is 0.0774. The fraction of sp³-hybridized carbons (Fsp3) is 0.370. The molecular weight excluding hydrogens is 481 g/mol. The van der Waals surface area contributed by atoms with Gasteiger partial charge in [0.2, 0.25) is 5.95 Å². The second-order valence-corrected chi connectivity index (χ2v) is 10.8. The van der Waals surface area contributed by atoms with Gasteiger partial charge in [-0.05, 0) is 85.7 Å². The Kier molecular flexibility index (Phi) is 5.42. The van der Waals surface area contributed by atoms with Crippen LogP contribution in [0.15, 0.2) is 36.5 Å². The second-order valence-electron chi connectivity index (χ2n) is 10.4. The van der Waals surface area contributed by atoms with E-state index in [-0.39, 0.29) is 11.6 Å². The van der Waals surface area contributed by atoms with Gasteiger partial charge < -0.3 is 20.2 Å². The van der Waals surface area contributed by atoms with E-state index >= 15 is 0 Å². The lowest BCUT2D eigenvalue weighted by Gasteiger charge is -2.37. The molecule has 186 valence electrons. The highest BCUT2D eigenvalue weighted by Gasteiger charge is 2.46. The molecule has 0 radical (unpaired) electrons. The van der Waals surface area contributed by atoms with Crippen LogP contribution in [0.4, 0.5) is 27.5 Å². The van der Waals surface area contributed by atoms with Gasteiger partial charge in [0, 0.05) is 31.0 Å². The third-order valence-corrected chi connectivity index (χ3v) is 8.03. The summed E-state index contributed by atoms with van der Waals surface area (Å²) in [6, 6.07) is 8.50. The molecule has 2 atom stereocenters. The van der Waals surface area contributed by atoms with Crippen LogP contribution < -0.4 is 10.2 Å². The molecule has 3 heterocycles. The first-order chi connectivity index (χ1) is 17.2. The number of likely N-dealkylation sites (N-methyl/N-ethyl adjacent to an activating group) is 1. The number of carboxylic acid groups (broad SMARTS) is 1. The van der Waals surface area contributed by atoms with E-state index in [9.17, 15) is 14.3 Å². The molecule has 3 aliphatic rings. The maximum atomic E-state index is 14.2. The lowest BCUT2D eigenvalue weighted by atomic mass is 9.77. The number of benzene rings is 2. The van der Waals surface area contributed by atoms with Gasteiger partial charge in [-0.25, -0.2) is 9.37 Å². The molecule has 2 aromatic carbocycles. The number of aromatic nitrogens is 2. The Balaban J connectivity index is 1.37. The molecule has 1 aromatic heterocycles. The standard InChI is InChI=1S/C27H27ClFN5O2/c1-27(25(35)36)14-34(22-10-18(29)6-7-20(22)27)24-21(28)11-30-26(32-24)31-19-8-15-4-3-5-16-12-33(2)13-17(9-19)23(15)16/h6-11,16H,3-5,12-14H2,1-2H3,(H,35,36)(H,30,31,32). The van der Waals surface area contributed by atoms with Crippen LogP contribution in [0.3, 0.4) is 0 Å². The van der Waals surface area contributed by atoms with Crippen molar-refractivity contribution in [3.63, 3.8) is 0 Å². The van der Waals surface area contributed by atoms with E-state index in [2.05, 4.69) is 39.4 Å². The molecule has 9 heteroatoms. The Bertz CT molecular complexity index is 1400. The van der Waals surface area contributed by atoms with Crippen molar-refractivity contribution >= 4 is 40.7 Å². The van der Waals surface area contributed by atoms with E-state index in [4.69, 9.17) is 11.6 Å². The van der Waals surface area contributed by atoms with Gasteiger partial charge in [0.1, 0.15) is 16.3 Å². The quantitative estimate of drug-likeness (QED) is 0.491. The molecule has 0 spiro atoms. The van der Waals surface area contributed by atoms with Crippen LogP contribution in [0.2, 0.25) is 5.02 Å². The minimum atomic E-state index is -1.23. The lowest BCUT2D eigenvalue weighted by molar-refractivity contribution is -0.142. The van der Waals surface area contributed by atoms with Crippen LogP contribution in [-0.2, 0) is 23.2 Å². The van der Waals surface area contributed by atoms with E-state index in [1.54, 1.807) is 11.8 Å². The average molecular weight is 508 g/mol. The van der Waals surface area contributed by atoms with E-state index in [0.29, 0.717) is 28.9 Å². The van der Waals surface area contributed by atoms with Crippen molar-refractivity contribution in [3.8, 4) is 0 Å². The molecule has 6 rings (SSSR count). The monoisotopic (exact) mass is 507 g/mol. The van der Waals surface area contributed by atoms with Crippen molar-refractivity contribution in [1.82, 2.24) is 14.9 Å². The highest BCUT2D eigenvalue weighted by Crippen LogP contribution is 2.46. The fourth-order valence-electron chi connectivity index (χ4n) is 6.10. The molecule has 0 fully saturated rings. The first-order valence-corrected chi connectivity index (χ1v) is 12.6. The number of hydrogen-bond acceptors (Lipinski definition) is 6. The summed E-state index contributed by atoms with van der Waals surface area (Å²) in [6.07, 6.45) is 4.97. The van der Waals surface area contributed by atoms with Crippen LogP contribution in [0.25, 0.3) is 0 Å². The average Bonchev–Trinajstić information content (AvgIpc) is 3.13. The summed E-state index contributed by atoms with van der Waals surface area (Å²) in [4.78, 5) is 25.2. The Morgan fingerprint density at radius 3 is 2.89 bits per heavy atom. The first-order valence-electron chi connectivity index (χ1n) is 12.2. The molecule has 36 heavy (non-hydrogen) atoms. The Morgan fingerprint density at radius 2 is 2.08 bits per heavy atom. The molecular formula is C27H27ClFN5O2. The lowest BCUT2D eigenvalue weighted by Crippen LogP contribution is -2.36. The SMILES string of the molecule is CN1Cc2cc(Nc3ncc(Cl)c(N4CC(C)(C(=O)O)c5ccc(F)cc54)n3)cc3c2C(CCC3)C1. The smallest absolute Gasteiger partial charge is 0.315 e. The van der Waals surface area contributed by atoms with Crippen LogP contribution in [-0.4, -0.2) is 46.1 Å². The van der Waals surface area contributed by atoms with Gasteiger partial charge in [-0.15, -0.1) is 0 Å². The molecule has 7 nitrogen and oxygen atoms in total. The number of fused-ring (bicyclic) bond motifs is 1. The summed E-state index contributed by atoms with van der Waals surface area (Å²) in [5.41, 5.74) is 4.88. The molecule has 3 aromatic rings. The number of anilines is 4. The zero-order valence-electron chi connectivity index (χ0n) is 20.2. The number of nitrogens with zero attached hydrogens (tertiary/aromatic N) is 4. The molecule has 0 saturated carbocycles. The normalized spacial score (nSPS) is 22.8. The van der Waals surface area contributed by atoms with Crippen molar-refractivity contribution in [2.24, 2.45) is 0 Å². The highest BCUT2D eigenvalue weighted by molar-refractivity contribution is 6.33. The van der Waals surface area contributed by atoms with Crippen LogP contribution in [0.5, 0.6) is 0 Å². The predicted molar refractivity (Wildman–Crippen MR) is 137 cm³/mol. The Labute approximate surface area is 213 Å². The summed E-state index contributed by atoms with van der Waals surface area (Å²) < 4.78 is 14.2. The zero-order valence-corrected chi connectivity index (χ0v) is 20.9. The molecule has 0 bridgehead atoms. The van der Waals surface area contributed by atoms with Gasteiger partial charge in [-0.1, -0.05) is 17.7 Å². The van der Waals surface area contributed by atoms with Gasteiger partial charge in [-0.3, -0.25) is 4.79 Å². The highest BCUT2D eigenvalue weighted by atomic mass is 35.5. The molecule has 2 unspecified atom stereocenters. The van der Waals surface area contributed by atoms with Gasteiger partial charge in [0.05, 0.1) is 6.20 Å². The molecule has 0 saturated heterocycles. The first kappa shape index (κ1) is 23.2.